The van der Waals surface area contributed by atoms with Crippen molar-refractivity contribution in [2.24, 2.45) is 5.92 Å². The highest BCUT2D eigenvalue weighted by molar-refractivity contribution is 5.68. The van der Waals surface area contributed by atoms with Crippen molar-refractivity contribution in [1.82, 2.24) is 5.32 Å². The highest BCUT2D eigenvalue weighted by Crippen LogP contribution is 2.43. The van der Waals surface area contributed by atoms with Crippen molar-refractivity contribution >= 4 is 6.09 Å². The largest absolute Gasteiger partial charge is 0.453 e. The van der Waals surface area contributed by atoms with Gasteiger partial charge in [-0.1, -0.05) is 0 Å². The Bertz CT molecular complexity index is 193. The van der Waals surface area contributed by atoms with Crippen molar-refractivity contribution in [3.8, 4) is 0 Å². The molecule has 0 aromatic rings. The number of fused-ring (bicyclic) bond motifs is 3. The van der Waals surface area contributed by atoms with Gasteiger partial charge in [0, 0.05) is 5.54 Å². The summed E-state index contributed by atoms with van der Waals surface area (Å²) in [5.41, 5.74) is 0.0852. The van der Waals surface area contributed by atoms with Gasteiger partial charge in [-0.25, -0.2) is 4.79 Å². The van der Waals surface area contributed by atoms with Crippen LogP contribution in [-0.2, 0) is 4.74 Å². The molecule has 0 radical (unpaired) electrons. The molecule has 0 aromatic heterocycles. The molecule has 13 heavy (non-hydrogen) atoms. The second kappa shape index (κ2) is 3.20. The van der Waals surface area contributed by atoms with E-state index in [-0.39, 0.29) is 11.6 Å². The highest BCUT2D eigenvalue weighted by atomic mass is 16.5. The van der Waals surface area contributed by atoms with Crippen LogP contribution in [0.25, 0.3) is 0 Å². The lowest BCUT2D eigenvalue weighted by atomic mass is 9.66. The maximum absolute atomic E-state index is 11.1. The summed E-state index contributed by atoms with van der Waals surface area (Å²) in [5.74, 6) is 0.932. The van der Waals surface area contributed by atoms with Crippen LogP contribution in [0.2, 0.25) is 0 Å². The van der Waals surface area contributed by atoms with Crippen molar-refractivity contribution in [2.75, 3.05) is 7.11 Å². The summed E-state index contributed by atoms with van der Waals surface area (Å²) in [6, 6.07) is 0. The van der Waals surface area contributed by atoms with Crippen LogP contribution in [0.4, 0.5) is 4.79 Å². The van der Waals surface area contributed by atoms with E-state index in [1.54, 1.807) is 0 Å². The number of ether oxygens (including phenoxy) is 1. The Balaban J connectivity index is 1.98. The normalized spacial score (nSPS) is 37.2. The molecule has 0 aliphatic heterocycles. The maximum Gasteiger partial charge on any atom is 0.407 e. The van der Waals surface area contributed by atoms with E-state index in [4.69, 9.17) is 0 Å². The summed E-state index contributed by atoms with van der Waals surface area (Å²) in [7, 11) is 1.43. The summed E-state index contributed by atoms with van der Waals surface area (Å²) in [6.45, 7) is 0. The number of methoxy groups -OCH3 is 1. The van der Waals surface area contributed by atoms with Gasteiger partial charge in [0.25, 0.3) is 0 Å². The number of hydrogen-bond acceptors (Lipinski definition) is 2. The molecule has 3 saturated carbocycles. The lowest BCUT2D eigenvalue weighted by Gasteiger charge is -2.46. The molecule has 0 atom stereocenters. The fraction of sp³-hybridized carbons (Fsp3) is 0.900. The molecule has 2 bridgehead atoms. The zero-order chi connectivity index (χ0) is 9.31. The topological polar surface area (TPSA) is 38.3 Å². The smallest absolute Gasteiger partial charge is 0.407 e. The van der Waals surface area contributed by atoms with Gasteiger partial charge in [0.2, 0.25) is 0 Å². The summed E-state index contributed by atoms with van der Waals surface area (Å²) in [4.78, 5) is 11.1. The van der Waals surface area contributed by atoms with Crippen LogP contribution in [0.3, 0.4) is 0 Å². The summed E-state index contributed by atoms with van der Waals surface area (Å²) >= 11 is 0. The van der Waals surface area contributed by atoms with E-state index in [1.807, 2.05) is 0 Å². The SMILES string of the molecule is COC(=O)NC12CCC(CC1)CC2. The molecule has 74 valence electrons. The molecule has 0 aromatic carbocycles. The monoisotopic (exact) mass is 183 g/mol. The molecule has 3 aliphatic rings. The van der Waals surface area contributed by atoms with E-state index >= 15 is 0 Å². The fourth-order valence-corrected chi connectivity index (χ4v) is 2.70. The Morgan fingerprint density at radius 3 is 2.31 bits per heavy atom. The molecule has 1 amide bonds. The van der Waals surface area contributed by atoms with Gasteiger partial charge in [-0.3, -0.25) is 0 Å². The predicted octanol–water partition coefficient (Wildman–Crippen LogP) is 2.07. The van der Waals surface area contributed by atoms with E-state index in [0.29, 0.717) is 0 Å². The van der Waals surface area contributed by atoms with Crippen molar-refractivity contribution in [2.45, 2.75) is 44.1 Å². The van der Waals surface area contributed by atoms with Gasteiger partial charge in [-0.05, 0) is 44.4 Å². The summed E-state index contributed by atoms with van der Waals surface area (Å²) < 4.78 is 4.65. The van der Waals surface area contributed by atoms with Crippen LogP contribution in [0.5, 0.6) is 0 Å². The van der Waals surface area contributed by atoms with E-state index in [2.05, 4.69) is 10.1 Å². The molecular formula is C10H17NO2. The van der Waals surface area contributed by atoms with E-state index in [0.717, 1.165) is 25.2 Å². The van der Waals surface area contributed by atoms with Crippen molar-refractivity contribution in [3.05, 3.63) is 0 Å². The fourth-order valence-electron chi connectivity index (χ4n) is 2.70. The lowest BCUT2D eigenvalue weighted by molar-refractivity contribution is 0.0915. The molecule has 3 nitrogen and oxygen atoms in total. The third-order valence-electron chi connectivity index (χ3n) is 3.65. The molecule has 3 rings (SSSR count). The van der Waals surface area contributed by atoms with Gasteiger partial charge in [0.1, 0.15) is 0 Å². The summed E-state index contributed by atoms with van der Waals surface area (Å²) in [5, 5.41) is 3.01. The second-order valence-electron chi connectivity index (χ2n) is 4.38. The zero-order valence-corrected chi connectivity index (χ0v) is 8.14. The minimum Gasteiger partial charge on any atom is -0.453 e. The number of amides is 1. The van der Waals surface area contributed by atoms with Gasteiger partial charge in [0.05, 0.1) is 7.11 Å². The first kappa shape index (κ1) is 8.85. The third-order valence-corrected chi connectivity index (χ3v) is 3.65. The standard InChI is InChI=1S/C10H17NO2/c1-13-9(12)11-10-5-2-8(3-6-10)4-7-10/h8H,2-7H2,1H3,(H,11,12). The number of hydrogen-bond donors (Lipinski definition) is 1. The predicted molar refractivity (Wildman–Crippen MR) is 49.5 cm³/mol. The average molecular weight is 183 g/mol. The number of carbonyl (C=O) groups excluding carboxylic acids is 1. The quantitative estimate of drug-likeness (QED) is 0.675. The van der Waals surface area contributed by atoms with Gasteiger partial charge in [-0.15, -0.1) is 0 Å². The Labute approximate surface area is 78.8 Å². The summed E-state index contributed by atoms with van der Waals surface area (Å²) in [6.07, 6.45) is 7.02. The number of carbonyl (C=O) groups is 1. The van der Waals surface area contributed by atoms with E-state index < -0.39 is 0 Å². The molecule has 0 spiro atoms. The Kier molecular flexibility index (Phi) is 2.18. The van der Waals surface area contributed by atoms with Gasteiger partial charge < -0.3 is 10.1 Å². The first-order valence-electron chi connectivity index (χ1n) is 5.10. The average Bonchev–Trinajstić information content (AvgIpc) is 2.20. The third kappa shape index (κ3) is 1.64. The van der Waals surface area contributed by atoms with Crippen LogP contribution >= 0.6 is 0 Å². The van der Waals surface area contributed by atoms with E-state index in [1.165, 1.54) is 26.4 Å². The first-order valence-corrected chi connectivity index (χ1v) is 5.10. The molecule has 3 heteroatoms. The molecule has 0 heterocycles. The molecule has 0 unspecified atom stereocenters. The Hall–Kier alpha value is -0.730. The first-order chi connectivity index (χ1) is 6.24. The van der Waals surface area contributed by atoms with Crippen LogP contribution < -0.4 is 5.32 Å². The minimum absolute atomic E-state index is 0.0852. The van der Waals surface area contributed by atoms with Crippen LogP contribution in [0, 0.1) is 5.92 Å². The van der Waals surface area contributed by atoms with Crippen molar-refractivity contribution < 1.29 is 9.53 Å². The van der Waals surface area contributed by atoms with E-state index in [9.17, 15) is 4.79 Å². The minimum atomic E-state index is -0.264. The molecular weight excluding hydrogens is 166 g/mol. The highest BCUT2D eigenvalue weighted by Gasteiger charge is 2.41. The zero-order valence-electron chi connectivity index (χ0n) is 8.14. The molecule has 3 aliphatic carbocycles. The number of rotatable bonds is 1. The number of nitrogens with one attached hydrogen (secondary N) is 1. The van der Waals surface area contributed by atoms with Crippen molar-refractivity contribution in [1.29, 1.82) is 0 Å². The Morgan fingerprint density at radius 2 is 1.85 bits per heavy atom. The van der Waals surface area contributed by atoms with Gasteiger partial charge in [0.15, 0.2) is 0 Å². The Morgan fingerprint density at radius 1 is 1.31 bits per heavy atom. The van der Waals surface area contributed by atoms with Gasteiger partial charge >= 0.3 is 6.09 Å². The molecule has 1 N–H and O–H groups in total. The number of alkyl carbamates (subject to hydrolysis) is 1. The maximum atomic E-state index is 11.1. The molecule has 0 saturated heterocycles. The lowest BCUT2D eigenvalue weighted by Crippen LogP contribution is -2.53. The van der Waals surface area contributed by atoms with Crippen LogP contribution in [0.1, 0.15) is 38.5 Å². The van der Waals surface area contributed by atoms with Crippen LogP contribution in [0.15, 0.2) is 0 Å². The van der Waals surface area contributed by atoms with Crippen LogP contribution in [-0.4, -0.2) is 18.7 Å². The van der Waals surface area contributed by atoms with Gasteiger partial charge in [-0.2, -0.15) is 0 Å². The molecule has 3 fully saturated rings. The second-order valence-corrected chi connectivity index (χ2v) is 4.38. The van der Waals surface area contributed by atoms with Crippen molar-refractivity contribution in [3.63, 3.8) is 0 Å².